The Morgan fingerprint density at radius 3 is 2.51 bits per heavy atom. The average molecular weight is 622 g/mol. The molecular weight excluding hydrogens is 589 g/mol. The lowest BCUT2D eigenvalue weighted by Gasteiger charge is -2.19. The summed E-state index contributed by atoms with van der Waals surface area (Å²) in [5.41, 5.74) is 6.50. The van der Waals surface area contributed by atoms with Crippen LogP contribution in [-0.4, -0.2) is 79.4 Å². The molecule has 0 bridgehead atoms. The topological polar surface area (TPSA) is 196 Å². The molecular formula is C27H32FN5O9S. The summed E-state index contributed by atoms with van der Waals surface area (Å²) in [6.45, 7) is 1.02. The maximum absolute atomic E-state index is 15.3. The fourth-order valence-corrected chi connectivity index (χ4v) is 4.63. The van der Waals surface area contributed by atoms with Crippen molar-refractivity contribution in [1.82, 2.24) is 9.55 Å². The predicted octanol–water partition coefficient (Wildman–Crippen LogP) is 2.06. The Morgan fingerprint density at radius 2 is 1.93 bits per heavy atom. The van der Waals surface area contributed by atoms with Gasteiger partial charge in [-0.2, -0.15) is 8.42 Å². The second-order valence-corrected chi connectivity index (χ2v) is 11.5. The molecule has 1 aromatic carbocycles. The molecule has 1 saturated carbocycles. The van der Waals surface area contributed by atoms with Gasteiger partial charge in [0.05, 0.1) is 38.1 Å². The molecule has 14 nitrogen and oxygen atoms in total. The largest absolute Gasteiger partial charge is 0.497 e. The van der Waals surface area contributed by atoms with Gasteiger partial charge in [-0.05, 0) is 31.0 Å². The van der Waals surface area contributed by atoms with Crippen LogP contribution in [0, 0.1) is 11.7 Å². The van der Waals surface area contributed by atoms with Gasteiger partial charge in [0, 0.05) is 42.9 Å². The van der Waals surface area contributed by atoms with Gasteiger partial charge in [0.2, 0.25) is 5.43 Å². The highest BCUT2D eigenvalue weighted by Crippen LogP contribution is 2.37. The number of carboxylic acids is 1. The van der Waals surface area contributed by atoms with Gasteiger partial charge in [0.25, 0.3) is 10.1 Å². The standard InChI is InChI=1S/C26H28FN5O6.CH4O3S/c1-36-17-6-3-14(22(7-17)37-2)13-38-30-21-12-31(10-15(21)9-28)25-20(27)8-18-23(33)19(26(34)35)11-32(16-4-5-16)24(18)29-25;1-5(2,3)4/h3,6-8,11,15-16H,4-5,9-10,12-13,28H2,1-2H3,(H,34,35);1H3,(H,2,3,4)/b30-21+;. The molecule has 2 aromatic heterocycles. The maximum atomic E-state index is 15.3. The van der Waals surface area contributed by atoms with Crippen molar-refractivity contribution in [1.29, 1.82) is 0 Å². The van der Waals surface area contributed by atoms with Crippen molar-refractivity contribution in [2.45, 2.75) is 25.5 Å². The predicted molar refractivity (Wildman–Crippen MR) is 155 cm³/mol. The van der Waals surface area contributed by atoms with Crippen LogP contribution < -0.4 is 25.5 Å². The number of oxime groups is 1. The van der Waals surface area contributed by atoms with Gasteiger partial charge in [-0.3, -0.25) is 9.35 Å². The number of fused-ring (bicyclic) bond motifs is 1. The summed E-state index contributed by atoms with van der Waals surface area (Å²) in [7, 11) is -0.541. The molecule has 232 valence electrons. The number of anilines is 1. The van der Waals surface area contributed by atoms with Crippen molar-refractivity contribution in [3.05, 3.63) is 57.6 Å². The lowest BCUT2D eigenvalue weighted by molar-refractivity contribution is 0.0694. The quantitative estimate of drug-likeness (QED) is 0.233. The SMILES string of the molecule is COc1ccc(CO/N=C2\CN(c3nc4c(cc3F)c(=O)c(C(=O)O)cn4C3CC3)CC2CN)c(OC)c1.CS(=O)(=O)O. The summed E-state index contributed by atoms with van der Waals surface area (Å²) in [5.74, 6) is -0.958. The van der Waals surface area contributed by atoms with Crippen LogP contribution in [0.15, 0.2) is 40.4 Å². The molecule has 2 fully saturated rings. The Bertz CT molecular complexity index is 1720. The number of ether oxygens (including phenoxy) is 2. The smallest absolute Gasteiger partial charge is 0.341 e. The summed E-state index contributed by atoms with van der Waals surface area (Å²) in [6.07, 6.45) is 3.68. The lowest BCUT2D eigenvalue weighted by atomic mass is 10.1. The summed E-state index contributed by atoms with van der Waals surface area (Å²) in [5, 5.41) is 13.7. The zero-order valence-corrected chi connectivity index (χ0v) is 24.5. The Kier molecular flexibility index (Phi) is 9.52. The van der Waals surface area contributed by atoms with E-state index in [4.69, 9.17) is 24.6 Å². The zero-order chi connectivity index (χ0) is 31.5. The number of rotatable bonds is 9. The van der Waals surface area contributed by atoms with E-state index in [1.54, 1.807) is 35.8 Å². The highest BCUT2D eigenvalue weighted by molar-refractivity contribution is 7.85. The van der Waals surface area contributed by atoms with Crippen LogP contribution in [0.25, 0.3) is 11.0 Å². The summed E-state index contributed by atoms with van der Waals surface area (Å²) in [4.78, 5) is 36.1. The number of methoxy groups -OCH3 is 2. The maximum Gasteiger partial charge on any atom is 0.341 e. The van der Waals surface area contributed by atoms with Crippen LogP contribution in [0.3, 0.4) is 0 Å². The molecule has 1 atom stereocenters. The first-order chi connectivity index (χ1) is 20.3. The highest BCUT2D eigenvalue weighted by Gasteiger charge is 2.33. The van der Waals surface area contributed by atoms with E-state index >= 15 is 4.39 Å². The van der Waals surface area contributed by atoms with Crippen LogP contribution in [0.1, 0.15) is 34.8 Å². The summed E-state index contributed by atoms with van der Waals surface area (Å²) < 4.78 is 53.4. The second-order valence-electron chi connectivity index (χ2n) is 10.1. The van der Waals surface area contributed by atoms with Crippen LogP contribution in [-0.2, 0) is 21.6 Å². The van der Waals surface area contributed by atoms with E-state index in [0.717, 1.165) is 24.5 Å². The van der Waals surface area contributed by atoms with Crippen molar-refractivity contribution in [2.24, 2.45) is 16.8 Å². The fraction of sp³-hybridized carbons (Fsp3) is 0.407. The van der Waals surface area contributed by atoms with Crippen LogP contribution >= 0.6 is 0 Å². The minimum Gasteiger partial charge on any atom is -0.497 e. The minimum absolute atomic E-state index is 0.0258. The number of benzene rings is 1. The zero-order valence-electron chi connectivity index (χ0n) is 23.7. The van der Waals surface area contributed by atoms with Crippen molar-refractivity contribution in [3.8, 4) is 11.5 Å². The molecule has 2 aliphatic rings. The number of hydrogen-bond acceptors (Lipinski definition) is 11. The first-order valence-electron chi connectivity index (χ1n) is 13.1. The Labute approximate surface area is 246 Å². The van der Waals surface area contributed by atoms with Crippen molar-refractivity contribution >= 4 is 38.7 Å². The first kappa shape index (κ1) is 31.7. The molecule has 3 aromatic rings. The van der Waals surface area contributed by atoms with Gasteiger partial charge >= 0.3 is 5.97 Å². The van der Waals surface area contributed by atoms with E-state index in [1.807, 2.05) is 6.07 Å². The van der Waals surface area contributed by atoms with Gasteiger partial charge in [-0.15, -0.1) is 0 Å². The van der Waals surface area contributed by atoms with Crippen LogP contribution in [0.5, 0.6) is 11.5 Å². The van der Waals surface area contributed by atoms with E-state index in [2.05, 4.69) is 10.1 Å². The number of pyridine rings is 2. The number of carboxylic acid groups (broad SMARTS) is 1. The second kappa shape index (κ2) is 12.9. The van der Waals surface area contributed by atoms with Crippen molar-refractivity contribution in [2.75, 3.05) is 45.0 Å². The van der Waals surface area contributed by atoms with E-state index in [1.165, 1.54) is 6.20 Å². The molecule has 5 rings (SSSR count). The molecule has 1 aliphatic heterocycles. The molecule has 43 heavy (non-hydrogen) atoms. The van der Waals surface area contributed by atoms with Gasteiger partial charge < -0.3 is 34.6 Å². The fourth-order valence-electron chi connectivity index (χ4n) is 4.63. The number of nitrogens with zero attached hydrogens (tertiary/aromatic N) is 4. The molecule has 0 amide bonds. The van der Waals surface area contributed by atoms with E-state index in [0.29, 0.717) is 30.0 Å². The van der Waals surface area contributed by atoms with Crippen molar-refractivity contribution < 1.29 is 41.6 Å². The molecule has 4 N–H and O–H groups in total. The van der Waals surface area contributed by atoms with Gasteiger partial charge in [-0.1, -0.05) is 5.16 Å². The summed E-state index contributed by atoms with van der Waals surface area (Å²) >= 11 is 0. The number of hydrogen-bond donors (Lipinski definition) is 3. The molecule has 16 heteroatoms. The van der Waals surface area contributed by atoms with Gasteiger partial charge in [0.15, 0.2) is 11.6 Å². The summed E-state index contributed by atoms with van der Waals surface area (Å²) in [6, 6.07) is 6.47. The molecule has 0 radical (unpaired) electrons. The van der Waals surface area contributed by atoms with Crippen molar-refractivity contribution in [3.63, 3.8) is 0 Å². The highest BCUT2D eigenvalue weighted by atomic mass is 32.2. The third kappa shape index (κ3) is 7.57. The lowest BCUT2D eigenvalue weighted by Crippen LogP contribution is -2.26. The van der Waals surface area contributed by atoms with Gasteiger partial charge in [0.1, 0.15) is 29.3 Å². The Balaban J connectivity index is 0.000000782. The molecule has 3 heterocycles. The normalized spacial score (nSPS) is 17.5. The molecule has 0 spiro atoms. The van der Waals surface area contributed by atoms with Gasteiger partial charge in [-0.25, -0.2) is 14.2 Å². The number of aromatic carboxylic acids is 1. The van der Waals surface area contributed by atoms with Crippen LogP contribution in [0.4, 0.5) is 10.2 Å². The van der Waals surface area contributed by atoms with Crippen LogP contribution in [0.2, 0.25) is 0 Å². The first-order valence-corrected chi connectivity index (χ1v) is 14.9. The number of halogens is 1. The number of nitrogens with two attached hydrogens (primary N) is 1. The monoisotopic (exact) mass is 621 g/mol. The molecule has 1 unspecified atom stereocenters. The Hall–Kier alpha value is -4.28. The third-order valence-electron chi connectivity index (χ3n) is 6.86. The molecule has 1 aliphatic carbocycles. The van der Waals surface area contributed by atoms with E-state index < -0.39 is 32.9 Å². The Morgan fingerprint density at radius 1 is 1.23 bits per heavy atom. The number of carbonyl (C=O) groups is 1. The average Bonchev–Trinajstić information content (AvgIpc) is 3.71. The molecule has 1 saturated heterocycles. The number of aromatic nitrogens is 2. The van der Waals surface area contributed by atoms with E-state index in [-0.39, 0.29) is 48.5 Å². The van der Waals surface area contributed by atoms with E-state index in [9.17, 15) is 23.1 Å². The third-order valence-corrected chi connectivity index (χ3v) is 6.86. The minimum atomic E-state index is -3.67.